The van der Waals surface area contributed by atoms with Gasteiger partial charge in [0.05, 0.1) is 18.8 Å². The summed E-state index contributed by atoms with van der Waals surface area (Å²) < 4.78 is 10.5. The standard InChI is InChI=1S/C11H13O3/c1-3-13-10-5-6-11(14-4-2)9(7-10)8-12/h5-7H,3-4H2,1-2H3. The Morgan fingerprint density at radius 1 is 1.21 bits per heavy atom. The van der Waals surface area contributed by atoms with Gasteiger partial charge < -0.3 is 9.47 Å². The summed E-state index contributed by atoms with van der Waals surface area (Å²) in [6, 6.07) is 5.12. The van der Waals surface area contributed by atoms with Gasteiger partial charge in [0.1, 0.15) is 11.5 Å². The zero-order valence-electron chi connectivity index (χ0n) is 8.37. The quantitative estimate of drug-likeness (QED) is 0.716. The Hall–Kier alpha value is -1.51. The molecule has 3 heteroatoms. The molecule has 0 saturated carbocycles. The molecule has 0 spiro atoms. The van der Waals surface area contributed by atoms with Gasteiger partial charge >= 0.3 is 0 Å². The molecule has 14 heavy (non-hydrogen) atoms. The van der Waals surface area contributed by atoms with E-state index in [9.17, 15) is 4.79 Å². The Bertz CT molecular complexity index is 307. The summed E-state index contributed by atoms with van der Waals surface area (Å²) in [6.07, 6.45) is 1.82. The average molecular weight is 193 g/mol. The minimum Gasteiger partial charge on any atom is -0.494 e. The SMILES string of the molecule is CCOc1ccc(OCC)c([C]=O)c1. The molecule has 0 aliphatic rings. The first kappa shape index (κ1) is 10.6. The summed E-state index contributed by atoms with van der Waals surface area (Å²) >= 11 is 0. The van der Waals surface area contributed by atoms with Crippen molar-refractivity contribution in [1.82, 2.24) is 0 Å². The fourth-order valence-electron chi connectivity index (χ4n) is 1.13. The first-order valence-electron chi connectivity index (χ1n) is 4.59. The summed E-state index contributed by atoms with van der Waals surface area (Å²) in [5.74, 6) is 1.21. The van der Waals surface area contributed by atoms with Crippen molar-refractivity contribution in [2.75, 3.05) is 13.2 Å². The fourth-order valence-corrected chi connectivity index (χ4v) is 1.13. The normalized spacial score (nSPS) is 9.57. The highest BCUT2D eigenvalue weighted by molar-refractivity contribution is 5.80. The minimum absolute atomic E-state index is 0.401. The van der Waals surface area contributed by atoms with Crippen molar-refractivity contribution in [2.45, 2.75) is 13.8 Å². The number of ether oxygens (including phenoxy) is 2. The lowest BCUT2D eigenvalue weighted by molar-refractivity contribution is 0.329. The zero-order valence-corrected chi connectivity index (χ0v) is 8.37. The molecule has 0 aliphatic heterocycles. The van der Waals surface area contributed by atoms with Gasteiger partial charge in [0, 0.05) is 0 Å². The maximum absolute atomic E-state index is 10.6. The number of hydrogen-bond acceptors (Lipinski definition) is 3. The predicted octanol–water partition coefficient (Wildman–Crippen LogP) is 1.94. The summed E-state index contributed by atoms with van der Waals surface area (Å²) in [6.45, 7) is 4.86. The van der Waals surface area contributed by atoms with E-state index in [4.69, 9.17) is 9.47 Å². The van der Waals surface area contributed by atoms with Crippen molar-refractivity contribution < 1.29 is 14.3 Å². The van der Waals surface area contributed by atoms with E-state index < -0.39 is 0 Å². The van der Waals surface area contributed by atoms with E-state index in [1.807, 2.05) is 20.1 Å². The van der Waals surface area contributed by atoms with E-state index in [0.29, 0.717) is 30.3 Å². The van der Waals surface area contributed by atoms with Gasteiger partial charge in [-0.15, -0.1) is 0 Å². The van der Waals surface area contributed by atoms with Crippen LogP contribution in [0.3, 0.4) is 0 Å². The monoisotopic (exact) mass is 193 g/mol. The van der Waals surface area contributed by atoms with Gasteiger partial charge in [0.15, 0.2) is 0 Å². The molecule has 1 rings (SSSR count). The van der Waals surface area contributed by atoms with E-state index in [1.165, 1.54) is 0 Å². The second kappa shape index (κ2) is 5.27. The van der Waals surface area contributed by atoms with Gasteiger partial charge in [-0.2, -0.15) is 0 Å². The second-order valence-corrected chi connectivity index (χ2v) is 2.63. The van der Waals surface area contributed by atoms with Gasteiger partial charge in [-0.05, 0) is 32.0 Å². The van der Waals surface area contributed by atoms with Crippen LogP contribution in [0.5, 0.6) is 11.5 Å². The molecule has 1 radical (unpaired) electrons. The summed E-state index contributed by atoms with van der Waals surface area (Å²) in [4.78, 5) is 10.6. The molecule has 0 unspecified atom stereocenters. The molecule has 0 bridgehead atoms. The van der Waals surface area contributed by atoms with Crippen molar-refractivity contribution in [1.29, 1.82) is 0 Å². The third-order valence-electron chi connectivity index (χ3n) is 1.67. The Kier molecular flexibility index (Phi) is 3.98. The molecule has 0 heterocycles. The topological polar surface area (TPSA) is 35.5 Å². The highest BCUT2D eigenvalue weighted by Gasteiger charge is 2.04. The van der Waals surface area contributed by atoms with Crippen LogP contribution >= 0.6 is 0 Å². The van der Waals surface area contributed by atoms with Gasteiger partial charge in [-0.3, -0.25) is 4.79 Å². The Morgan fingerprint density at radius 2 is 1.93 bits per heavy atom. The molecule has 0 aliphatic carbocycles. The first-order valence-corrected chi connectivity index (χ1v) is 4.59. The lowest BCUT2D eigenvalue weighted by atomic mass is 10.2. The van der Waals surface area contributed by atoms with E-state index >= 15 is 0 Å². The number of carbonyl (C=O) groups excluding carboxylic acids is 1. The molecule has 0 amide bonds. The van der Waals surface area contributed by atoms with Gasteiger partial charge in [-0.1, -0.05) is 0 Å². The van der Waals surface area contributed by atoms with E-state index in [2.05, 4.69) is 0 Å². The summed E-state index contributed by atoms with van der Waals surface area (Å²) in [7, 11) is 0. The van der Waals surface area contributed by atoms with Crippen molar-refractivity contribution in [2.24, 2.45) is 0 Å². The lowest BCUT2D eigenvalue weighted by Crippen LogP contribution is -1.98. The number of rotatable bonds is 5. The lowest BCUT2D eigenvalue weighted by Gasteiger charge is -2.07. The van der Waals surface area contributed by atoms with E-state index in [-0.39, 0.29) is 0 Å². The first-order chi connectivity index (χ1) is 6.81. The van der Waals surface area contributed by atoms with Crippen LogP contribution in [0.2, 0.25) is 0 Å². The van der Waals surface area contributed by atoms with Gasteiger partial charge in [-0.25, -0.2) is 0 Å². The largest absolute Gasteiger partial charge is 0.494 e. The third kappa shape index (κ3) is 2.49. The van der Waals surface area contributed by atoms with Crippen LogP contribution in [-0.4, -0.2) is 19.5 Å². The van der Waals surface area contributed by atoms with Crippen LogP contribution in [0.15, 0.2) is 18.2 Å². The molecule has 3 nitrogen and oxygen atoms in total. The third-order valence-corrected chi connectivity index (χ3v) is 1.67. The fraction of sp³-hybridized carbons (Fsp3) is 0.364. The van der Waals surface area contributed by atoms with Crippen LogP contribution in [0, 0.1) is 0 Å². The molecule has 75 valence electrons. The molecule has 0 N–H and O–H groups in total. The molecule has 0 fully saturated rings. The molecule has 1 aromatic carbocycles. The Morgan fingerprint density at radius 3 is 2.50 bits per heavy atom. The maximum Gasteiger partial charge on any atom is 0.237 e. The molecular formula is C11H13O3. The molecule has 0 saturated heterocycles. The Balaban J connectivity index is 2.92. The Labute approximate surface area is 83.6 Å². The molecule has 1 aromatic rings. The van der Waals surface area contributed by atoms with Crippen molar-refractivity contribution in [3.63, 3.8) is 0 Å². The van der Waals surface area contributed by atoms with Crippen molar-refractivity contribution in [3.05, 3.63) is 23.8 Å². The number of hydrogen-bond donors (Lipinski definition) is 0. The van der Waals surface area contributed by atoms with E-state index in [1.54, 1.807) is 18.2 Å². The average Bonchev–Trinajstić information content (AvgIpc) is 2.21. The second-order valence-electron chi connectivity index (χ2n) is 2.63. The molecule has 0 aromatic heterocycles. The van der Waals surface area contributed by atoms with Gasteiger partial charge in [0.25, 0.3) is 0 Å². The van der Waals surface area contributed by atoms with Crippen LogP contribution < -0.4 is 9.47 Å². The van der Waals surface area contributed by atoms with Crippen LogP contribution in [-0.2, 0) is 4.79 Å². The number of benzene rings is 1. The summed E-state index contributed by atoms with van der Waals surface area (Å²) in [5.41, 5.74) is 0.401. The predicted molar refractivity (Wildman–Crippen MR) is 53.6 cm³/mol. The van der Waals surface area contributed by atoms with E-state index in [0.717, 1.165) is 0 Å². The minimum atomic E-state index is 0.401. The van der Waals surface area contributed by atoms with Crippen LogP contribution in [0.1, 0.15) is 19.4 Å². The highest BCUT2D eigenvalue weighted by Crippen LogP contribution is 2.22. The van der Waals surface area contributed by atoms with Crippen molar-refractivity contribution >= 4 is 6.29 Å². The smallest absolute Gasteiger partial charge is 0.237 e. The zero-order chi connectivity index (χ0) is 10.4. The highest BCUT2D eigenvalue weighted by atomic mass is 16.5. The van der Waals surface area contributed by atoms with Crippen molar-refractivity contribution in [3.8, 4) is 11.5 Å². The van der Waals surface area contributed by atoms with Crippen LogP contribution in [0.25, 0.3) is 0 Å². The summed E-state index contributed by atoms with van der Waals surface area (Å²) in [5, 5.41) is 0. The van der Waals surface area contributed by atoms with Gasteiger partial charge in [0.2, 0.25) is 6.29 Å². The molecule has 0 atom stereocenters. The molecular weight excluding hydrogens is 180 g/mol. The maximum atomic E-state index is 10.6. The van der Waals surface area contributed by atoms with Crippen LogP contribution in [0.4, 0.5) is 0 Å².